The second-order valence-corrected chi connectivity index (χ2v) is 2.16. The van der Waals surface area contributed by atoms with Gasteiger partial charge in [0.1, 0.15) is 0 Å². The predicted octanol–water partition coefficient (Wildman–Crippen LogP) is -0.276. The van der Waals surface area contributed by atoms with Crippen molar-refractivity contribution in [1.29, 1.82) is 0 Å². The number of aromatic amines is 1. The molecule has 0 aromatic carbocycles. The summed E-state index contributed by atoms with van der Waals surface area (Å²) in [7, 11) is 2.53. The second kappa shape index (κ2) is 3.70. The summed E-state index contributed by atoms with van der Waals surface area (Å²) in [5.41, 5.74) is -0.201. The number of methoxy groups -OCH3 is 2. The van der Waals surface area contributed by atoms with Crippen molar-refractivity contribution in [2.24, 2.45) is 0 Å². The van der Waals surface area contributed by atoms with Gasteiger partial charge in [-0.3, -0.25) is 0 Å². The molecule has 1 N–H and O–H groups in total. The normalized spacial score (nSPS) is 9.38. The van der Waals surface area contributed by atoms with Gasteiger partial charge in [-0.2, -0.15) is 0 Å². The number of carbonyl (C=O) groups is 1. The number of nitrogens with zero attached hydrogens (tertiary/aromatic N) is 1. The van der Waals surface area contributed by atoms with Crippen LogP contribution in [0.1, 0.15) is 10.5 Å². The van der Waals surface area contributed by atoms with Crippen molar-refractivity contribution < 1.29 is 18.7 Å². The standard InChI is InChI=1S/C7H8N2O4/c1-12-6-5(7(10)13-2)9(11)4-3-8-6/h3-4H,1-2H3/p+1. The van der Waals surface area contributed by atoms with Gasteiger partial charge in [-0.05, 0) is 0 Å². The fourth-order valence-electron chi connectivity index (χ4n) is 0.859. The number of hydrogen-bond acceptors (Lipinski definition) is 4. The van der Waals surface area contributed by atoms with E-state index in [1.807, 2.05) is 0 Å². The molecule has 70 valence electrons. The molecule has 0 fully saturated rings. The molecule has 13 heavy (non-hydrogen) atoms. The first-order valence-corrected chi connectivity index (χ1v) is 3.47. The average molecular weight is 185 g/mol. The van der Waals surface area contributed by atoms with Gasteiger partial charge in [-0.15, -0.1) is 0 Å². The molecule has 0 bridgehead atoms. The van der Waals surface area contributed by atoms with Crippen LogP contribution in [0.25, 0.3) is 0 Å². The lowest BCUT2D eigenvalue weighted by Crippen LogP contribution is -2.26. The average Bonchev–Trinajstić information content (AvgIpc) is 2.16. The highest BCUT2D eigenvalue weighted by Gasteiger charge is 2.26. The van der Waals surface area contributed by atoms with Gasteiger partial charge in [-0.1, -0.05) is 0 Å². The maximum atomic E-state index is 11.1. The van der Waals surface area contributed by atoms with E-state index < -0.39 is 5.97 Å². The van der Waals surface area contributed by atoms with Gasteiger partial charge < -0.3 is 14.5 Å². The van der Waals surface area contributed by atoms with E-state index >= 15 is 0 Å². The summed E-state index contributed by atoms with van der Waals surface area (Å²) in [4.78, 5) is 24.8. The number of esters is 1. The molecule has 6 heteroatoms. The number of H-pyrrole nitrogens is 1. The van der Waals surface area contributed by atoms with E-state index in [-0.39, 0.29) is 11.6 Å². The van der Waals surface area contributed by atoms with Crippen molar-refractivity contribution in [2.75, 3.05) is 14.2 Å². The Hall–Kier alpha value is -1.85. The highest BCUT2D eigenvalue weighted by atomic mass is 16.5. The van der Waals surface area contributed by atoms with Gasteiger partial charge in [0.15, 0.2) is 0 Å². The van der Waals surface area contributed by atoms with Crippen molar-refractivity contribution in [2.45, 2.75) is 0 Å². The zero-order valence-electron chi connectivity index (χ0n) is 7.23. The van der Waals surface area contributed by atoms with E-state index in [1.165, 1.54) is 20.4 Å². The second-order valence-electron chi connectivity index (χ2n) is 2.16. The monoisotopic (exact) mass is 185 g/mol. The minimum atomic E-state index is -0.747. The quantitative estimate of drug-likeness (QED) is 0.508. The number of hydrogen-bond donors (Lipinski definition) is 1. The van der Waals surface area contributed by atoms with Crippen LogP contribution in [0.15, 0.2) is 12.4 Å². The van der Waals surface area contributed by atoms with E-state index in [2.05, 4.69) is 9.72 Å². The van der Waals surface area contributed by atoms with Crippen molar-refractivity contribution in [1.82, 2.24) is 4.98 Å². The molecule has 0 atom stereocenters. The molecule has 6 nitrogen and oxygen atoms in total. The molecule has 0 radical (unpaired) electrons. The minimum absolute atomic E-state index is 0.0735. The van der Waals surface area contributed by atoms with E-state index in [4.69, 9.17) is 4.74 Å². The number of carbonyl (C=O) groups excluding carboxylic acids is 1. The Labute approximate surface area is 73.7 Å². The Bertz CT molecular complexity index is 371. The Kier molecular flexibility index (Phi) is 2.63. The molecule has 0 saturated carbocycles. The zero-order valence-corrected chi connectivity index (χ0v) is 7.23. The Morgan fingerprint density at radius 1 is 1.54 bits per heavy atom. The number of nitrogens with one attached hydrogen (secondary N) is 1. The van der Waals surface area contributed by atoms with Crippen LogP contribution in [-0.4, -0.2) is 25.2 Å². The lowest BCUT2D eigenvalue weighted by molar-refractivity contribution is -0.499. The summed E-state index contributed by atoms with van der Waals surface area (Å²) in [6, 6.07) is 0. The summed E-state index contributed by atoms with van der Waals surface area (Å²) in [6.45, 7) is 0. The third-order valence-corrected chi connectivity index (χ3v) is 1.44. The number of aromatic nitrogens is 2. The topological polar surface area (TPSA) is 74.3 Å². The minimum Gasteiger partial charge on any atom is -0.477 e. The maximum absolute atomic E-state index is 11.1. The molecule has 1 heterocycles. The van der Waals surface area contributed by atoms with Gasteiger partial charge in [0, 0.05) is 4.91 Å². The largest absolute Gasteiger partial charge is 0.477 e. The Morgan fingerprint density at radius 3 is 2.77 bits per heavy atom. The molecule has 0 aliphatic rings. The first-order chi connectivity index (χ1) is 6.20. The molecule has 1 rings (SSSR count). The van der Waals surface area contributed by atoms with Gasteiger partial charge in [0.2, 0.25) is 6.20 Å². The fourth-order valence-corrected chi connectivity index (χ4v) is 0.859. The first kappa shape index (κ1) is 9.24. The number of rotatable bonds is 2. The highest BCUT2D eigenvalue weighted by Crippen LogP contribution is 2.08. The van der Waals surface area contributed by atoms with Crippen molar-refractivity contribution in [3.05, 3.63) is 23.0 Å². The Balaban J connectivity index is 3.31. The van der Waals surface area contributed by atoms with Crippen LogP contribution in [0.2, 0.25) is 0 Å². The van der Waals surface area contributed by atoms with Crippen LogP contribution in [0, 0.1) is 4.91 Å². The highest BCUT2D eigenvalue weighted by molar-refractivity contribution is 5.87. The van der Waals surface area contributed by atoms with Crippen molar-refractivity contribution in [3.63, 3.8) is 0 Å². The van der Waals surface area contributed by atoms with E-state index in [9.17, 15) is 9.70 Å². The van der Waals surface area contributed by atoms with Crippen LogP contribution in [-0.2, 0) is 4.74 Å². The lowest BCUT2D eigenvalue weighted by Gasteiger charge is -1.97. The first-order valence-electron chi connectivity index (χ1n) is 3.47. The van der Waals surface area contributed by atoms with Crippen molar-refractivity contribution >= 4 is 5.97 Å². The van der Waals surface area contributed by atoms with Gasteiger partial charge >= 0.3 is 11.7 Å². The smallest absolute Gasteiger partial charge is 0.414 e. The van der Waals surface area contributed by atoms with E-state index in [0.717, 1.165) is 6.20 Å². The third-order valence-electron chi connectivity index (χ3n) is 1.44. The summed E-state index contributed by atoms with van der Waals surface area (Å²) < 4.78 is 9.55. The third kappa shape index (κ3) is 1.66. The van der Waals surface area contributed by atoms with E-state index in [0.29, 0.717) is 4.43 Å². The van der Waals surface area contributed by atoms with Gasteiger partial charge in [0.25, 0.3) is 5.88 Å². The Morgan fingerprint density at radius 2 is 2.23 bits per heavy atom. The van der Waals surface area contributed by atoms with E-state index in [1.54, 1.807) is 0 Å². The van der Waals surface area contributed by atoms with Crippen LogP contribution in [0.5, 0.6) is 5.88 Å². The summed E-state index contributed by atoms with van der Waals surface area (Å²) in [6.07, 6.45) is 2.51. The van der Waals surface area contributed by atoms with Gasteiger partial charge in [0.05, 0.1) is 24.8 Å². The molecule has 0 aliphatic heterocycles. The molecule has 1 aromatic rings. The predicted molar refractivity (Wildman–Crippen MR) is 42.1 cm³/mol. The van der Waals surface area contributed by atoms with Crippen LogP contribution in [0.4, 0.5) is 0 Å². The van der Waals surface area contributed by atoms with Crippen LogP contribution >= 0.6 is 0 Å². The van der Waals surface area contributed by atoms with Gasteiger partial charge in [-0.25, -0.2) is 4.79 Å². The molecule has 0 spiro atoms. The molecule has 0 amide bonds. The van der Waals surface area contributed by atoms with Crippen molar-refractivity contribution in [3.8, 4) is 5.88 Å². The number of ether oxygens (including phenoxy) is 2. The maximum Gasteiger partial charge on any atom is 0.414 e. The molecular formula is C7H9N2O4+. The SMILES string of the molecule is COC(=O)c1c(OC)[nH]cc[n+]1=O. The summed E-state index contributed by atoms with van der Waals surface area (Å²) in [5.74, 6) is -0.673. The zero-order chi connectivity index (χ0) is 9.84. The molecule has 1 aromatic heterocycles. The molecule has 0 saturated heterocycles. The fraction of sp³-hybridized carbons (Fsp3) is 0.286. The van der Waals surface area contributed by atoms with Crippen LogP contribution in [0.3, 0.4) is 0 Å². The van der Waals surface area contributed by atoms with Crippen LogP contribution < -0.4 is 9.16 Å². The lowest BCUT2D eigenvalue weighted by atomic mass is 10.4. The summed E-state index contributed by atoms with van der Waals surface area (Å²) in [5, 5.41) is 0. The molecule has 0 aliphatic carbocycles. The summed E-state index contributed by atoms with van der Waals surface area (Å²) >= 11 is 0. The molecular weight excluding hydrogens is 176 g/mol. The molecule has 0 unspecified atom stereocenters.